The number of hydrogen-bond acceptors (Lipinski definition) is 5. The third-order valence-corrected chi connectivity index (χ3v) is 5.38. The second kappa shape index (κ2) is 8.61. The Morgan fingerprint density at radius 3 is 3.00 bits per heavy atom. The first-order valence-corrected chi connectivity index (χ1v) is 10.1. The Morgan fingerprint density at radius 1 is 1.31 bits per heavy atom. The zero-order chi connectivity index (χ0) is 20.2. The average Bonchev–Trinajstić information content (AvgIpc) is 3.35. The maximum Gasteiger partial charge on any atom is 0.273 e. The molecule has 0 radical (unpaired) electrons. The van der Waals surface area contributed by atoms with Crippen LogP contribution in [-0.4, -0.2) is 45.1 Å². The number of amides is 1. The van der Waals surface area contributed by atoms with E-state index in [9.17, 15) is 4.79 Å². The first kappa shape index (κ1) is 19.4. The van der Waals surface area contributed by atoms with E-state index >= 15 is 0 Å². The summed E-state index contributed by atoms with van der Waals surface area (Å²) in [5.74, 6) is 1.93. The van der Waals surface area contributed by atoms with Crippen molar-refractivity contribution in [3.05, 3.63) is 65.6 Å². The van der Waals surface area contributed by atoms with Crippen LogP contribution in [0.5, 0.6) is 0 Å². The summed E-state index contributed by atoms with van der Waals surface area (Å²) in [4.78, 5) is 19.2. The summed E-state index contributed by atoms with van der Waals surface area (Å²) >= 11 is 0. The van der Waals surface area contributed by atoms with E-state index in [1.165, 1.54) is 5.56 Å². The molecule has 7 heteroatoms. The zero-order valence-electron chi connectivity index (χ0n) is 17.0. The third-order valence-electron chi connectivity index (χ3n) is 5.38. The number of nitrogens with zero attached hydrogens (tertiary/aromatic N) is 4. The summed E-state index contributed by atoms with van der Waals surface area (Å²) in [6.07, 6.45) is 6.11. The summed E-state index contributed by atoms with van der Waals surface area (Å²) in [6.45, 7) is 7.32. The summed E-state index contributed by atoms with van der Waals surface area (Å²) < 4.78 is 7.14. The van der Waals surface area contributed by atoms with Crippen molar-refractivity contribution in [2.75, 3.05) is 19.6 Å². The number of carbonyl (C=O) groups is 1. The number of hydrogen-bond donors (Lipinski definition) is 1. The molecule has 1 aliphatic rings. The molecular weight excluding hydrogens is 366 g/mol. The molecule has 0 saturated carbocycles. The lowest BCUT2D eigenvalue weighted by molar-refractivity contribution is 0.0920. The number of aryl methyl sites for hydroxylation is 2. The number of nitrogens with one attached hydrogen (secondary N) is 1. The molecule has 1 saturated heterocycles. The molecule has 0 spiro atoms. The lowest BCUT2D eigenvalue weighted by atomic mass is 9.98. The van der Waals surface area contributed by atoms with Crippen molar-refractivity contribution >= 4 is 5.91 Å². The minimum absolute atomic E-state index is 0.172. The predicted octanol–water partition coefficient (Wildman–Crippen LogP) is 3.12. The number of rotatable bonds is 6. The van der Waals surface area contributed by atoms with E-state index in [1.807, 2.05) is 12.4 Å². The van der Waals surface area contributed by atoms with E-state index in [1.54, 1.807) is 13.0 Å². The Hall–Kier alpha value is -2.93. The van der Waals surface area contributed by atoms with Gasteiger partial charge in [-0.2, -0.15) is 0 Å². The molecular formula is C22H27N5O2. The first-order valence-electron chi connectivity index (χ1n) is 10.1. The van der Waals surface area contributed by atoms with Gasteiger partial charge in [-0.25, -0.2) is 4.98 Å². The van der Waals surface area contributed by atoms with Crippen LogP contribution in [-0.2, 0) is 6.54 Å². The van der Waals surface area contributed by atoms with Crippen LogP contribution in [0.2, 0.25) is 0 Å². The zero-order valence-corrected chi connectivity index (χ0v) is 17.0. The number of aromatic nitrogens is 3. The molecule has 29 heavy (non-hydrogen) atoms. The minimum atomic E-state index is -0.172. The highest BCUT2D eigenvalue weighted by Gasteiger charge is 2.22. The van der Waals surface area contributed by atoms with Crippen molar-refractivity contribution in [3.63, 3.8) is 0 Å². The lowest BCUT2D eigenvalue weighted by Gasteiger charge is -2.32. The Kier molecular flexibility index (Phi) is 5.76. The molecule has 152 valence electrons. The topological polar surface area (TPSA) is 76.2 Å². The first-order chi connectivity index (χ1) is 14.1. The van der Waals surface area contributed by atoms with E-state index < -0.39 is 0 Å². The van der Waals surface area contributed by atoms with Gasteiger partial charge >= 0.3 is 0 Å². The van der Waals surface area contributed by atoms with Gasteiger partial charge in [0.2, 0.25) is 0 Å². The van der Waals surface area contributed by atoms with E-state index in [-0.39, 0.29) is 5.91 Å². The van der Waals surface area contributed by atoms with Gasteiger partial charge in [0, 0.05) is 37.2 Å². The van der Waals surface area contributed by atoms with E-state index in [0.29, 0.717) is 23.9 Å². The van der Waals surface area contributed by atoms with Crippen LogP contribution in [0.3, 0.4) is 0 Å². The quantitative estimate of drug-likeness (QED) is 0.696. The largest absolute Gasteiger partial charge is 0.361 e. The molecule has 1 atom stereocenters. The van der Waals surface area contributed by atoms with Crippen LogP contribution >= 0.6 is 0 Å². The Bertz CT molecular complexity index is 977. The molecule has 1 aromatic carbocycles. The minimum Gasteiger partial charge on any atom is -0.361 e. The fourth-order valence-corrected chi connectivity index (χ4v) is 3.93. The van der Waals surface area contributed by atoms with Crippen LogP contribution < -0.4 is 5.32 Å². The normalized spacial score (nSPS) is 17.4. The van der Waals surface area contributed by atoms with Crippen molar-refractivity contribution in [2.24, 2.45) is 5.92 Å². The number of imidazole rings is 1. The van der Waals surface area contributed by atoms with E-state index in [0.717, 1.165) is 44.0 Å². The fourth-order valence-electron chi connectivity index (χ4n) is 3.93. The van der Waals surface area contributed by atoms with Gasteiger partial charge in [0.05, 0.1) is 6.54 Å². The predicted molar refractivity (Wildman–Crippen MR) is 110 cm³/mol. The molecule has 1 amide bonds. The lowest BCUT2D eigenvalue weighted by Crippen LogP contribution is -2.41. The fraction of sp³-hybridized carbons (Fsp3) is 0.409. The highest BCUT2D eigenvalue weighted by atomic mass is 16.5. The molecule has 1 fully saturated rings. The van der Waals surface area contributed by atoms with Gasteiger partial charge in [0.25, 0.3) is 5.91 Å². The molecule has 7 nitrogen and oxygen atoms in total. The second-order valence-corrected chi connectivity index (χ2v) is 7.83. The summed E-state index contributed by atoms with van der Waals surface area (Å²) in [6, 6.07) is 10.1. The molecule has 1 aliphatic heterocycles. The van der Waals surface area contributed by atoms with Gasteiger partial charge in [-0.15, -0.1) is 0 Å². The van der Waals surface area contributed by atoms with Gasteiger partial charge in [-0.1, -0.05) is 17.3 Å². The van der Waals surface area contributed by atoms with Gasteiger partial charge in [-0.3, -0.25) is 9.69 Å². The summed E-state index contributed by atoms with van der Waals surface area (Å²) in [5, 5.41) is 6.78. The number of likely N-dealkylation sites (tertiary alicyclic amines) is 1. The Morgan fingerprint density at radius 2 is 2.21 bits per heavy atom. The Labute approximate surface area is 170 Å². The van der Waals surface area contributed by atoms with Crippen molar-refractivity contribution in [1.29, 1.82) is 0 Å². The van der Waals surface area contributed by atoms with Crippen LogP contribution in [0.4, 0.5) is 0 Å². The van der Waals surface area contributed by atoms with Crippen LogP contribution in [0.15, 0.2) is 47.2 Å². The molecule has 2 aromatic heterocycles. The molecule has 3 heterocycles. The SMILES string of the molecule is Cc1cccc(-n2ccnc2CN2CCC[C@@H](CNC(=O)c3cc(C)on3)C2)c1. The highest BCUT2D eigenvalue weighted by molar-refractivity contribution is 5.92. The highest BCUT2D eigenvalue weighted by Crippen LogP contribution is 2.20. The van der Waals surface area contributed by atoms with Crippen LogP contribution in [0.1, 0.15) is 40.5 Å². The number of carbonyl (C=O) groups excluding carboxylic acids is 1. The van der Waals surface area contributed by atoms with E-state index in [4.69, 9.17) is 4.52 Å². The van der Waals surface area contributed by atoms with Gasteiger partial charge in [0.1, 0.15) is 11.6 Å². The van der Waals surface area contributed by atoms with Gasteiger partial charge in [0.15, 0.2) is 5.69 Å². The number of benzene rings is 1. The van der Waals surface area contributed by atoms with Crippen LogP contribution in [0.25, 0.3) is 5.69 Å². The van der Waals surface area contributed by atoms with Crippen molar-refractivity contribution in [2.45, 2.75) is 33.2 Å². The molecule has 0 bridgehead atoms. The average molecular weight is 393 g/mol. The monoisotopic (exact) mass is 393 g/mol. The van der Waals surface area contributed by atoms with E-state index in [2.05, 4.69) is 56.1 Å². The third kappa shape index (κ3) is 4.74. The standard InChI is InChI=1S/C22H27N5O2/c1-16-5-3-7-19(11-16)27-10-8-23-21(27)15-26-9-4-6-18(14-26)13-24-22(28)20-12-17(2)29-25-20/h3,5,7-8,10-12,18H,4,6,9,13-15H2,1-2H3,(H,24,28)/t18-/m0/s1. The van der Waals surface area contributed by atoms with Gasteiger partial charge < -0.3 is 14.4 Å². The maximum absolute atomic E-state index is 12.2. The molecule has 0 unspecified atom stereocenters. The molecule has 4 rings (SSSR count). The number of piperidine rings is 1. The second-order valence-electron chi connectivity index (χ2n) is 7.83. The van der Waals surface area contributed by atoms with Crippen molar-refractivity contribution < 1.29 is 9.32 Å². The van der Waals surface area contributed by atoms with Gasteiger partial charge in [-0.05, 0) is 56.8 Å². The van der Waals surface area contributed by atoms with Crippen LogP contribution in [0, 0.1) is 19.8 Å². The van der Waals surface area contributed by atoms with Crippen molar-refractivity contribution in [1.82, 2.24) is 24.9 Å². The smallest absolute Gasteiger partial charge is 0.273 e. The van der Waals surface area contributed by atoms with Crippen molar-refractivity contribution in [3.8, 4) is 5.69 Å². The Balaban J connectivity index is 1.35. The molecule has 3 aromatic rings. The molecule has 1 N–H and O–H groups in total. The molecule has 0 aliphatic carbocycles. The maximum atomic E-state index is 12.2. The summed E-state index contributed by atoms with van der Waals surface area (Å²) in [5.41, 5.74) is 2.72. The summed E-state index contributed by atoms with van der Waals surface area (Å²) in [7, 11) is 0.